The summed E-state index contributed by atoms with van der Waals surface area (Å²) in [5.41, 5.74) is 1.88. The molecule has 1 aromatic heterocycles. The van der Waals surface area contributed by atoms with Gasteiger partial charge in [-0.05, 0) is 31.9 Å². The fraction of sp³-hybridized carbons (Fsp3) is 0.421. The zero-order chi connectivity index (χ0) is 15.9. The van der Waals surface area contributed by atoms with E-state index in [-0.39, 0.29) is 5.43 Å². The van der Waals surface area contributed by atoms with E-state index < -0.39 is 0 Å². The number of benzene rings is 1. The van der Waals surface area contributed by atoms with Gasteiger partial charge in [-0.1, -0.05) is 50.5 Å². The van der Waals surface area contributed by atoms with E-state index in [1.165, 1.54) is 25.7 Å². The van der Waals surface area contributed by atoms with Crippen molar-refractivity contribution in [2.45, 2.75) is 52.4 Å². The zero-order valence-electron chi connectivity index (χ0n) is 13.5. The second-order valence-electron chi connectivity index (χ2n) is 5.75. The van der Waals surface area contributed by atoms with Crippen molar-refractivity contribution < 1.29 is 5.21 Å². The summed E-state index contributed by atoms with van der Waals surface area (Å²) in [6.45, 7) is 3.99. The molecule has 0 spiro atoms. The van der Waals surface area contributed by atoms with Crippen molar-refractivity contribution in [3.8, 4) is 0 Å². The highest BCUT2D eigenvalue weighted by molar-refractivity contribution is 5.79. The Bertz CT molecular complexity index is 713. The maximum absolute atomic E-state index is 12.4. The number of hydrogen-bond acceptors (Lipinski definition) is 2. The Kier molecular flexibility index (Phi) is 5.82. The van der Waals surface area contributed by atoms with Crippen LogP contribution in [0, 0.1) is 6.92 Å². The Morgan fingerprint density at radius 2 is 1.91 bits per heavy atom. The molecule has 0 fully saturated rings. The van der Waals surface area contributed by atoms with Gasteiger partial charge in [0.1, 0.15) is 0 Å². The smallest absolute Gasteiger partial charge is 0.192 e. The standard InChI is InChI=1S/C19H25NO2/c1-3-4-5-6-7-8-9-13-17-15(2)19(21)16-12-10-11-14-18(16)20(17)22/h8-12,14,22H,3-7,13H2,1-2H3. The number of nitrogens with zero attached hydrogens (tertiary/aromatic N) is 1. The third kappa shape index (κ3) is 3.59. The van der Waals surface area contributed by atoms with E-state index in [2.05, 4.69) is 19.1 Å². The first-order chi connectivity index (χ1) is 10.7. The third-order valence-electron chi connectivity index (χ3n) is 4.11. The van der Waals surface area contributed by atoms with Gasteiger partial charge in [-0.15, -0.1) is 0 Å². The Hall–Kier alpha value is -2.03. The Morgan fingerprint density at radius 3 is 2.68 bits per heavy atom. The van der Waals surface area contributed by atoms with Crippen molar-refractivity contribution in [3.05, 3.63) is 57.9 Å². The molecular formula is C19H25NO2. The molecule has 0 saturated heterocycles. The highest BCUT2D eigenvalue weighted by Gasteiger charge is 2.11. The molecule has 0 aliphatic rings. The largest absolute Gasteiger partial charge is 0.428 e. The second kappa shape index (κ2) is 7.83. The van der Waals surface area contributed by atoms with Crippen molar-refractivity contribution in [1.82, 2.24) is 4.73 Å². The number of rotatable bonds is 7. The van der Waals surface area contributed by atoms with Gasteiger partial charge < -0.3 is 5.21 Å². The minimum Gasteiger partial charge on any atom is -0.428 e. The molecule has 2 aromatic rings. The van der Waals surface area contributed by atoms with Crippen LogP contribution >= 0.6 is 0 Å². The summed E-state index contributed by atoms with van der Waals surface area (Å²) in [5.74, 6) is 0. The first-order valence-corrected chi connectivity index (χ1v) is 8.14. The molecule has 0 radical (unpaired) electrons. The summed E-state index contributed by atoms with van der Waals surface area (Å²) in [5, 5.41) is 10.9. The number of fused-ring (bicyclic) bond motifs is 1. The fourth-order valence-electron chi connectivity index (χ4n) is 2.73. The number of allylic oxidation sites excluding steroid dienone is 2. The number of hydrogen-bond donors (Lipinski definition) is 1. The highest BCUT2D eigenvalue weighted by Crippen LogP contribution is 2.15. The summed E-state index contributed by atoms with van der Waals surface area (Å²) in [6, 6.07) is 7.18. The normalized spacial score (nSPS) is 11.5. The quantitative estimate of drug-likeness (QED) is 0.460. The number of para-hydroxylation sites is 1. The van der Waals surface area contributed by atoms with Crippen LogP contribution in [0.2, 0.25) is 0 Å². The summed E-state index contributed by atoms with van der Waals surface area (Å²) in [7, 11) is 0. The molecule has 0 aliphatic carbocycles. The molecule has 0 aliphatic heterocycles. The molecule has 0 unspecified atom stereocenters. The van der Waals surface area contributed by atoms with Gasteiger partial charge in [-0.25, -0.2) is 0 Å². The van der Waals surface area contributed by atoms with Gasteiger partial charge in [0, 0.05) is 17.4 Å². The van der Waals surface area contributed by atoms with E-state index in [4.69, 9.17) is 0 Å². The van der Waals surface area contributed by atoms with Crippen molar-refractivity contribution in [2.24, 2.45) is 0 Å². The Labute approximate surface area is 131 Å². The number of unbranched alkanes of at least 4 members (excludes halogenated alkanes) is 4. The average molecular weight is 299 g/mol. The van der Waals surface area contributed by atoms with Crippen molar-refractivity contribution in [1.29, 1.82) is 0 Å². The van der Waals surface area contributed by atoms with Crippen molar-refractivity contribution >= 4 is 10.9 Å². The van der Waals surface area contributed by atoms with Crippen molar-refractivity contribution in [2.75, 3.05) is 0 Å². The molecular weight excluding hydrogens is 274 g/mol. The van der Waals surface area contributed by atoms with E-state index in [9.17, 15) is 10.0 Å². The second-order valence-corrected chi connectivity index (χ2v) is 5.75. The SMILES string of the molecule is CCCCCCC=CCc1c(C)c(=O)c2ccccc2n1O. The lowest BCUT2D eigenvalue weighted by molar-refractivity contribution is 0.189. The third-order valence-corrected chi connectivity index (χ3v) is 4.11. The molecule has 0 amide bonds. The monoisotopic (exact) mass is 299 g/mol. The predicted octanol–water partition coefficient (Wildman–Crippen LogP) is 4.62. The first kappa shape index (κ1) is 16.3. The minimum atomic E-state index is 0.00671. The van der Waals surface area contributed by atoms with E-state index in [0.29, 0.717) is 28.6 Å². The van der Waals surface area contributed by atoms with Crippen LogP contribution in [0.3, 0.4) is 0 Å². The Balaban J connectivity index is 2.15. The molecule has 2 rings (SSSR count). The molecule has 0 saturated carbocycles. The van der Waals surface area contributed by atoms with E-state index in [1.54, 1.807) is 19.1 Å². The van der Waals surface area contributed by atoms with Gasteiger partial charge >= 0.3 is 0 Å². The van der Waals surface area contributed by atoms with E-state index >= 15 is 0 Å². The lowest BCUT2D eigenvalue weighted by Crippen LogP contribution is -2.16. The molecule has 3 heteroatoms. The highest BCUT2D eigenvalue weighted by atomic mass is 16.5. The van der Waals surface area contributed by atoms with Gasteiger partial charge in [-0.3, -0.25) is 4.79 Å². The summed E-state index contributed by atoms with van der Waals surface area (Å²) >= 11 is 0. The Morgan fingerprint density at radius 1 is 1.14 bits per heavy atom. The average Bonchev–Trinajstić information content (AvgIpc) is 2.54. The van der Waals surface area contributed by atoms with Crippen LogP contribution in [0.15, 0.2) is 41.2 Å². The van der Waals surface area contributed by atoms with Gasteiger partial charge in [0.25, 0.3) is 0 Å². The van der Waals surface area contributed by atoms with Crippen LogP contribution in [0.25, 0.3) is 10.9 Å². The lowest BCUT2D eigenvalue weighted by Gasteiger charge is -2.12. The molecule has 1 aromatic carbocycles. The summed E-state index contributed by atoms with van der Waals surface area (Å²) in [6.07, 6.45) is 10.8. The van der Waals surface area contributed by atoms with Gasteiger partial charge in [0.2, 0.25) is 0 Å². The van der Waals surface area contributed by atoms with Crippen LogP contribution < -0.4 is 5.43 Å². The number of aromatic nitrogens is 1. The van der Waals surface area contributed by atoms with Crippen LogP contribution in [-0.2, 0) is 6.42 Å². The van der Waals surface area contributed by atoms with Gasteiger partial charge in [0.05, 0.1) is 11.2 Å². The van der Waals surface area contributed by atoms with Crippen molar-refractivity contribution in [3.63, 3.8) is 0 Å². The van der Waals surface area contributed by atoms with Crippen LogP contribution in [0.1, 0.15) is 50.3 Å². The minimum absolute atomic E-state index is 0.00671. The van der Waals surface area contributed by atoms with E-state index in [0.717, 1.165) is 11.2 Å². The predicted molar refractivity (Wildman–Crippen MR) is 91.7 cm³/mol. The topological polar surface area (TPSA) is 42.2 Å². The zero-order valence-corrected chi connectivity index (χ0v) is 13.5. The molecule has 3 nitrogen and oxygen atoms in total. The molecule has 118 valence electrons. The molecule has 1 heterocycles. The molecule has 22 heavy (non-hydrogen) atoms. The fourth-order valence-corrected chi connectivity index (χ4v) is 2.73. The maximum Gasteiger partial charge on any atom is 0.192 e. The van der Waals surface area contributed by atoms with Crippen LogP contribution in [0.4, 0.5) is 0 Å². The van der Waals surface area contributed by atoms with Gasteiger partial charge in [-0.2, -0.15) is 4.73 Å². The molecule has 1 N–H and O–H groups in total. The molecule has 0 atom stereocenters. The lowest BCUT2D eigenvalue weighted by atomic mass is 10.1. The van der Waals surface area contributed by atoms with Crippen LogP contribution in [-0.4, -0.2) is 9.94 Å². The van der Waals surface area contributed by atoms with Crippen LogP contribution in [0.5, 0.6) is 0 Å². The molecule has 0 bridgehead atoms. The first-order valence-electron chi connectivity index (χ1n) is 8.14. The number of pyridine rings is 1. The maximum atomic E-state index is 12.4. The van der Waals surface area contributed by atoms with E-state index in [1.807, 2.05) is 12.1 Å². The van der Waals surface area contributed by atoms with Gasteiger partial charge in [0.15, 0.2) is 5.43 Å². The summed E-state index contributed by atoms with van der Waals surface area (Å²) in [4.78, 5) is 12.4. The summed E-state index contributed by atoms with van der Waals surface area (Å²) < 4.78 is 1.16.